The Balaban J connectivity index is 0.000000110. The molecule has 0 heterocycles. The van der Waals surface area contributed by atoms with Gasteiger partial charge >= 0.3 is 0 Å². The largest absolute Gasteiger partial charge is 0.0622 e. The molecule has 0 saturated carbocycles. The average molecular weight is 1840 g/mol. The van der Waals surface area contributed by atoms with Crippen molar-refractivity contribution in [2.45, 2.75) is 78.6 Å². The fraction of sp³-hybridized carbons (Fsp3) is 0.0833. The van der Waals surface area contributed by atoms with Gasteiger partial charge in [-0.3, -0.25) is 0 Å². The van der Waals surface area contributed by atoms with Crippen LogP contribution in [0.5, 0.6) is 0 Å². The van der Waals surface area contributed by atoms with Crippen LogP contribution < -0.4 is 0 Å². The van der Waals surface area contributed by atoms with Gasteiger partial charge in [0.15, 0.2) is 0 Å². The Hall–Kier alpha value is -17.2. The van der Waals surface area contributed by atoms with E-state index in [4.69, 9.17) is 0 Å². The molecule has 0 aromatic heterocycles. The lowest BCUT2D eigenvalue weighted by molar-refractivity contribution is 0.591. The Morgan fingerprint density at radius 3 is 0.660 bits per heavy atom. The van der Waals surface area contributed by atoms with Crippen molar-refractivity contribution in [1.29, 1.82) is 0 Å². The maximum atomic E-state index is 2.47. The molecule has 682 valence electrons. The lowest BCUT2D eigenvalue weighted by atomic mass is 9.80. The third-order valence-electron chi connectivity index (χ3n) is 31.0. The van der Waals surface area contributed by atoms with Crippen molar-refractivity contribution in [3.05, 3.63) is 496 Å². The molecule has 0 nitrogen and oxygen atoms in total. The van der Waals surface area contributed by atoms with Crippen LogP contribution in [0.25, 0.3) is 272 Å². The first-order valence-electron chi connectivity index (χ1n) is 50.9. The molecule has 0 N–H and O–H groups in total. The second kappa shape index (κ2) is 34.4. The summed E-state index contributed by atoms with van der Waals surface area (Å²) in [7, 11) is 0. The van der Waals surface area contributed by atoms with Crippen molar-refractivity contribution in [3.63, 3.8) is 0 Å². The summed E-state index contributed by atoms with van der Waals surface area (Å²) in [5.41, 5.74) is 22.0. The third-order valence-corrected chi connectivity index (χ3v) is 31.0. The van der Waals surface area contributed by atoms with Crippen molar-refractivity contribution >= 4 is 194 Å². The molecule has 144 heavy (non-hydrogen) atoms. The van der Waals surface area contributed by atoms with Crippen molar-refractivity contribution in [2.75, 3.05) is 0 Å². The van der Waals surface area contributed by atoms with E-state index in [0.29, 0.717) is 0 Å². The summed E-state index contributed by atoms with van der Waals surface area (Å²) in [5, 5.41) is 46.1. The molecule has 0 atom stereocenters. The van der Waals surface area contributed by atoms with Gasteiger partial charge in [-0.05, 0) is 359 Å². The predicted molar refractivity (Wildman–Crippen MR) is 629 cm³/mol. The Labute approximate surface area is 840 Å². The Bertz CT molecular complexity index is 10200. The molecule has 28 aromatic rings. The number of benzene rings is 28. The highest BCUT2D eigenvalue weighted by molar-refractivity contribution is 6.35. The molecule has 0 amide bonds. The third kappa shape index (κ3) is 15.0. The summed E-state index contributed by atoms with van der Waals surface area (Å²) in [6.07, 6.45) is 0. The lowest BCUT2D eigenvalue weighted by Gasteiger charge is -2.24. The van der Waals surface area contributed by atoms with Gasteiger partial charge in [0, 0.05) is 0 Å². The average Bonchev–Trinajstić information content (AvgIpc) is 0.710. The molecule has 0 aliphatic heterocycles. The van der Waals surface area contributed by atoms with E-state index >= 15 is 0 Å². The molecule has 0 fully saturated rings. The maximum absolute atomic E-state index is 2.47. The first kappa shape index (κ1) is 87.1. The smallest absolute Gasteiger partial charge is 0.00139 e. The van der Waals surface area contributed by atoms with Crippen molar-refractivity contribution < 1.29 is 0 Å². The highest BCUT2D eigenvalue weighted by Crippen LogP contribution is 2.54. The van der Waals surface area contributed by atoms with Crippen LogP contribution in [0.4, 0.5) is 0 Å². The van der Waals surface area contributed by atoms with Crippen LogP contribution >= 0.6 is 0 Å². The van der Waals surface area contributed by atoms with E-state index in [1.54, 1.807) is 0 Å². The Morgan fingerprint density at radius 2 is 0.312 bits per heavy atom. The van der Waals surface area contributed by atoms with E-state index in [2.05, 4.69) is 542 Å². The fourth-order valence-corrected chi connectivity index (χ4v) is 23.6. The van der Waals surface area contributed by atoms with Crippen LogP contribution in [0.1, 0.15) is 79.0 Å². The molecule has 0 heteroatoms. The van der Waals surface area contributed by atoms with Crippen LogP contribution in [0.15, 0.2) is 479 Å². The van der Waals surface area contributed by atoms with E-state index < -0.39 is 0 Å². The summed E-state index contributed by atoms with van der Waals surface area (Å²) in [4.78, 5) is 0. The topological polar surface area (TPSA) is 0 Å². The highest BCUT2D eigenvalue weighted by Gasteiger charge is 2.29. The molecule has 0 unspecified atom stereocenters. The number of rotatable bonds is 7. The van der Waals surface area contributed by atoms with Crippen molar-refractivity contribution in [3.8, 4) is 77.9 Å². The molecule has 28 rings (SSSR count). The fourth-order valence-electron chi connectivity index (χ4n) is 23.6. The molecule has 28 aromatic carbocycles. The minimum Gasteiger partial charge on any atom is -0.0622 e. The van der Waals surface area contributed by atoms with Gasteiger partial charge < -0.3 is 0 Å². The van der Waals surface area contributed by atoms with E-state index in [1.807, 2.05) is 0 Å². The quantitative estimate of drug-likeness (QED) is 0.110. The number of hydrogen-bond donors (Lipinski definition) is 0. The summed E-state index contributed by atoms with van der Waals surface area (Å²) < 4.78 is 0. The normalized spacial score (nSPS) is 12.2. The van der Waals surface area contributed by atoms with Crippen LogP contribution in [0, 0.1) is 0 Å². The van der Waals surface area contributed by atoms with Gasteiger partial charge in [0.25, 0.3) is 0 Å². The lowest BCUT2D eigenvalue weighted by Crippen LogP contribution is -2.10. The van der Waals surface area contributed by atoms with Gasteiger partial charge in [-0.1, -0.05) is 487 Å². The van der Waals surface area contributed by atoms with Gasteiger partial charge in [0.1, 0.15) is 0 Å². The van der Waals surface area contributed by atoms with Gasteiger partial charge in [-0.2, -0.15) is 0 Å². The molecule has 0 aliphatic carbocycles. The zero-order valence-corrected chi connectivity index (χ0v) is 82.6. The van der Waals surface area contributed by atoms with Gasteiger partial charge in [0.05, 0.1) is 0 Å². The monoisotopic (exact) mass is 1830 g/mol. The molecule has 0 aliphatic rings. The van der Waals surface area contributed by atoms with Crippen LogP contribution in [0.3, 0.4) is 0 Å². The Morgan fingerprint density at radius 1 is 0.104 bits per heavy atom. The van der Waals surface area contributed by atoms with Crippen LogP contribution in [0.2, 0.25) is 0 Å². The summed E-state index contributed by atoms with van der Waals surface area (Å²) in [6, 6.07) is 179. The zero-order valence-electron chi connectivity index (χ0n) is 82.6. The number of hydrogen-bond acceptors (Lipinski definition) is 0. The van der Waals surface area contributed by atoms with E-state index in [1.165, 1.54) is 288 Å². The van der Waals surface area contributed by atoms with Crippen LogP contribution in [-0.4, -0.2) is 0 Å². The minimum absolute atomic E-state index is 0.00776. The second-order valence-electron chi connectivity index (χ2n) is 42.8. The molecule has 0 saturated heterocycles. The predicted octanol–water partition coefficient (Wildman–Crippen LogP) is 41.4. The van der Waals surface area contributed by atoms with Gasteiger partial charge in [-0.25, -0.2) is 0 Å². The second-order valence-corrected chi connectivity index (χ2v) is 42.8. The molecular formula is C144H106. The highest BCUT2D eigenvalue weighted by atomic mass is 14.3. The van der Waals surface area contributed by atoms with E-state index in [0.717, 1.165) is 0 Å². The Kier molecular flexibility index (Phi) is 20.8. The standard InChI is InChI=1S/C52H38.2C46H34/c1-52(2,3)42-23-26-46-48(32-42)49(40-19-17-34-13-7-9-15-36(34)30-40)47-28-27-44-43-24-21-38(33-11-5-4-6-12-33)29-39(43)22-25-45(44)51(47)50(46)41-20-18-35-14-8-10-16-37(35)31-41;1-46(2,3)36-21-23-40-42(28-36)43(34-18-16-29-10-4-6-13-32(29)26-34)41-25-24-38-37-15-9-8-12-31(37)20-22-39(38)45(41)44(40)35-19-17-30-11-5-7-14-33(30)27-35;1-46(2,3)36-21-23-37-33(28-36)20-22-41-38(37)24-25-42-43(34-18-16-29-10-4-6-12-31(29)26-34)39-14-8-9-15-40(39)44(45(41)42)35-19-17-30-11-5-7-13-32(30)27-35/h4-32H,1-3H3;2*4-28H,1-3H3. The summed E-state index contributed by atoms with van der Waals surface area (Å²) in [6.45, 7) is 20.8. The van der Waals surface area contributed by atoms with Crippen molar-refractivity contribution in [2.24, 2.45) is 0 Å². The summed E-state index contributed by atoms with van der Waals surface area (Å²) >= 11 is 0. The van der Waals surface area contributed by atoms with Crippen molar-refractivity contribution in [1.82, 2.24) is 0 Å². The maximum Gasteiger partial charge on any atom is -0.00139 e. The minimum atomic E-state index is 0.00776. The zero-order chi connectivity index (χ0) is 97.0. The first-order valence-corrected chi connectivity index (χ1v) is 50.9. The molecule has 0 radical (unpaired) electrons. The first-order chi connectivity index (χ1) is 70.3. The molecule has 0 spiro atoms. The molecular weight excluding hydrogens is 1730 g/mol. The van der Waals surface area contributed by atoms with Gasteiger partial charge in [-0.15, -0.1) is 0 Å². The van der Waals surface area contributed by atoms with E-state index in [-0.39, 0.29) is 16.2 Å². The van der Waals surface area contributed by atoms with Gasteiger partial charge in [0.2, 0.25) is 0 Å². The molecule has 0 bridgehead atoms. The van der Waals surface area contributed by atoms with E-state index in [9.17, 15) is 0 Å². The van der Waals surface area contributed by atoms with Crippen LogP contribution in [-0.2, 0) is 16.2 Å². The number of fused-ring (bicyclic) bond motifs is 24. The summed E-state index contributed by atoms with van der Waals surface area (Å²) in [5.74, 6) is 0. The SMILES string of the molecule is CC(C)(C)c1ccc2c(-c3ccc4ccccc4c3)c3c(ccc4c5ccc(-c6ccccc6)cc5ccc43)c(-c3ccc4ccccc4c3)c2c1.CC(C)(C)c1ccc2c(-c3ccc4ccccc4c3)c3c(ccc4c5ccccc5ccc43)c(-c3ccc4ccccc4c3)c2c1.CC(C)(C)c1ccc2c(ccc3c2ccc2c(-c4ccc5ccccc5c4)c4ccccc4c(-c4ccc5ccccc5c4)c23)c1.